The van der Waals surface area contributed by atoms with Crippen molar-refractivity contribution in [1.29, 1.82) is 0 Å². The minimum Gasteiger partial charge on any atom is -0.488 e. The maximum atomic E-state index is 13.9. The maximum Gasteiger partial charge on any atom is 0.244 e. The van der Waals surface area contributed by atoms with Crippen LogP contribution in [0.15, 0.2) is 84.9 Å². The van der Waals surface area contributed by atoms with E-state index in [0.29, 0.717) is 18.7 Å². The SMILES string of the molecule is O=C(/C=C/c1ccc(N2CCCS2(=O)=O)cc1)NC(COc1ccccc1F)c1ccccc1. The standard InChI is InChI=1S/C26H25FN2O4S/c27-23-9-4-5-10-25(23)33-19-24(21-7-2-1-3-8-21)28-26(30)16-13-20-11-14-22(15-12-20)29-17-6-18-34(29,31)32/h1-5,7-16,24H,6,17-19H2,(H,28,30)/b16-13+. The molecule has 1 aliphatic rings. The Morgan fingerprint density at radius 1 is 1.03 bits per heavy atom. The number of rotatable bonds is 8. The molecule has 1 amide bonds. The molecular formula is C26H25FN2O4S. The van der Waals surface area contributed by atoms with E-state index in [1.807, 2.05) is 30.3 Å². The zero-order valence-electron chi connectivity index (χ0n) is 18.4. The first-order valence-corrected chi connectivity index (χ1v) is 12.5. The molecule has 0 radical (unpaired) electrons. The second-order valence-electron chi connectivity index (χ2n) is 7.88. The van der Waals surface area contributed by atoms with Crippen LogP contribution in [0.4, 0.5) is 10.1 Å². The molecule has 1 saturated heterocycles. The number of carbonyl (C=O) groups excluding carboxylic acids is 1. The van der Waals surface area contributed by atoms with Crippen molar-refractivity contribution in [2.24, 2.45) is 0 Å². The lowest BCUT2D eigenvalue weighted by molar-refractivity contribution is -0.117. The number of hydrogen-bond donors (Lipinski definition) is 1. The van der Waals surface area contributed by atoms with Gasteiger partial charge in [0.05, 0.1) is 17.5 Å². The van der Waals surface area contributed by atoms with Crippen LogP contribution in [0.25, 0.3) is 6.08 Å². The second-order valence-corrected chi connectivity index (χ2v) is 9.89. The summed E-state index contributed by atoms with van der Waals surface area (Å²) in [5.41, 5.74) is 2.21. The monoisotopic (exact) mass is 480 g/mol. The van der Waals surface area contributed by atoms with Crippen molar-refractivity contribution in [2.45, 2.75) is 12.5 Å². The van der Waals surface area contributed by atoms with E-state index in [2.05, 4.69) is 5.32 Å². The van der Waals surface area contributed by atoms with E-state index in [1.165, 1.54) is 22.5 Å². The molecule has 3 aromatic carbocycles. The molecule has 34 heavy (non-hydrogen) atoms. The van der Waals surface area contributed by atoms with Gasteiger partial charge in [-0.2, -0.15) is 0 Å². The lowest BCUT2D eigenvalue weighted by Gasteiger charge is -2.19. The number of ether oxygens (including phenoxy) is 1. The van der Waals surface area contributed by atoms with Crippen molar-refractivity contribution in [1.82, 2.24) is 5.32 Å². The largest absolute Gasteiger partial charge is 0.488 e. The van der Waals surface area contributed by atoms with Gasteiger partial charge in [-0.25, -0.2) is 12.8 Å². The van der Waals surface area contributed by atoms with Crippen LogP contribution in [-0.4, -0.2) is 33.2 Å². The quantitative estimate of drug-likeness (QED) is 0.488. The normalized spacial score (nSPS) is 15.9. The topological polar surface area (TPSA) is 75.7 Å². The van der Waals surface area contributed by atoms with Crippen molar-refractivity contribution >= 4 is 27.7 Å². The van der Waals surface area contributed by atoms with Gasteiger partial charge in [0.15, 0.2) is 11.6 Å². The summed E-state index contributed by atoms with van der Waals surface area (Å²) in [4.78, 5) is 12.6. The first-order valence-electron chi connectivity index (χ1n) is 10.9. The summed E-state index contributed by atoms with van der Waals surface area (Å²) in [7, 11) is -3.23. The molecule has 1 heterocycles. The smallest absolute Gasteiger partial charge is 0.244 e. The Kier molecular flexibility index (Phi) is 7.27. The molecule has 0 spiro atoms. The molecule has 6 nitrogen and oxygen atoms in total. The number of amides is 1. The summed E-state index contributed by atoms with van der Waals surface area (Å²) in [6, 6.07) is 21.9. The molecular weight excluding hydrogens is 455 g/mol. The van der Waals surface area contributed by atoms with Gasteiger partial charge < -0.3 is 10.1 Å². The molecule has 1 unspecified atom stereocenters. The van der Waals surface area contributed by atoms with E-state index in [4.69, 9.17) is 4.74 Å². The fraction of sp³-hybridized carbons (Fsp3) is 0.192. The molecule has 1 N–H and O–H groups in total. The molecule has 0 aliphatic carbocycles. The van der Waals surface area contributed by atoms with Gasteiger partial charge in [0.25, 0.3) is 0 Å². The highest BCUT2D eigenvalue weighted by Gasteiger charge is 2.28. The molecule has 0 aromatic heterocycles. The first kappa shape index (κ1) is 23.5. The minimum absolute atomic E-state index is 0.0591. The third kappa shape index (κ3) is 5.82. The van der Waals surface area contributed by atoms with Crippen molar-refractivity contribution < 1.29 is 22.3 Å². The Balaban J connectivity index is 1.41. The number of carbonyl (C=O) groups is 1. The fourth-order valence-corrected chi connectivity index (χ4v) is 5.28. The van der Waals surface area contributed by atoms with Crippen LogP contribution in [0.3, 0.4) is 0 Å². The van der Waals surface area contributed by atoms with Gasteiger partial charge >= 0.3 is 0 Å². The summed E-state index contributed by atoms with van der Waals surface area (Å²) in [6.07, 6.45) is 3.67. The van der Waals surface area contributed by atoms with Crippen LogP contribution < -0.4 is 14.4 Å². The Hall–Kier alpha value is -3.65. The minimum atomic E-state index is -3.23. The molecule has 3 aromatic rings. The zero-order chi connectivity index (χ0) is 24.0. The number of halogens is 1. The van der Waals surface area contributed by atoms with Crippen LogP contribution in [0, 0.1) is 5.82 Å². The number of hydrogen-bond acceptors (Lipinski definition) is 4. The highest BCUT2D eigenvalue weighted by Crippen LogP contribution is 2.24. The van der Waals surface area contributed by atoms with Crippen molar-refractivity contribution in [3.05, 3.63) is 102 Å². The van der Waals surface area contributed by atoms with E-state index in [9.17, 15) is 17.6 Å². The maximum absolute atomic E-state index is 13.9. The molecule has 8 heteroatoms. The third-order valence-electron chi connectivity index (χ3n) is 5.47. The van der Waals surface area contributed by atoms with Gasteiger partial charge in [-0.3, -0.25) is 9.10 Å². The Morgan fingerprint density at radius 3 is 2.41 bits per heavy atom. The molecule has 4 rings (SSSR count). The Labute approximate surface area is 198 Å². The molecule has 176 valence electrons. The van der Waals surface area contributed by atoms with E-state index in [-0.39, 0.29) is 24.0 Å². The summed E-state index contributed by atoms with van der Waals surface area (Å²) < 4.78 is 45.1. The summed E-state index contributed by atoms with van der Waals surface area (Å²) >= 11 is 0. The van der Waals surface area contributed by atoms with Crippen molar-refractivity contribution in [2.75, 3.05) is 23.2 Å². The van der Waals surface area contributed by atoms with Gasteiger partial charge in [-0.1, -0.05) is 54.6 Å². The van der Waals surface area contributed by atoms with Gasteiger partial charge in [0, 0.05) is 12.6 Å². The van der Waals surface area contributed by atoms with E-state index >= 15 is 0 Å². The number of nitrogens with zero attached hydrogens (tertiary/aromatic N) is 1. The molecule has 1 aliphatic heterocycles. The van der Waals surface area contributed by atoms with E-state index in [1.54, 1.807) is 42.5 Å². The highest BCUT2D eigenvalue weighted by atomic mass is 32.2. The summed E-state index contributed by atoms with van der Waals surface area (Å²) in [5.74, 6) is -0.519. The van der Waals surface area contributed by atoms with Gasteiger partial charge in [-0.15, -0.1) is 0 Å². The average Bonchev–Trinajstić information content (AvgIpc) is 3.21. The zero-order valence-corrected chi connectivity index (χ0v) is 19.2. The third-order valence-corrected chi connectivity index (χ3v) is 7.34. The Bertz CT molecular complexity index is 1260. The highest BCUT2D eigenvalue weighted by molar-refractivity contribution is 7.93. The summed E-state index contributed by atoms with van der Waals surface area (Å²) in [6.45, 7) is 0.541. The number of anilines is 1. The van der Waals surface area contributed by atoms with E-state index < -0.39 is 21.9 Å². The lowest BCUT2D eigenvalue weighted by Crippen LogP contribution is -2.31. The van der Waals surface area contributed by atoms with E-state index in [0.717, 1.165) is 11.1 Å². The molecule has 1 atom stereocenters. The number of sulfonamides is 1. The van der Waals surface area contributed by atoms with Crippen LogP contribution in [0.5, 0.6) is 5.75 Å². The van der Waals surface area contributed by atoms with Crippen LogP contribution in [0.1, 0.15) is 23.6 Å². The van der Waals surface area contributed by atoms with Crippen LogP contribution >= 0.6 is 0 Å². The lowest BCUT2D eigenvalue weighted by atomic mass is 10.1. The van der Waals surface area contributed by atoms with Crippen molar-refractivity contribution in [3.8, 4) is 5.75 Å². The van der Waals surface area contributed by atoms with Gasteiger partial charge in [-0.05, 0) is 47.9 Å². The average molecular weight is 481 g/mol. The number of nitrogens with one attached hydrogen (secondary N) is 1. The molecule has 0 saturated carbocycles. The molecule has 1 fully saturated rings. The van der Waals surface area contributed by atoms with Gasteiger partial charge in [0.2, 0.25) is 15.9 Å². The predicted molar refractivity (Wildman–Crippen MR) is 130 cm³/mol. The molecule has 0 bridgehead atoms. The summed E-state index contributed by atoms with van der Waals surface area (Å²) in [5, 5.41) is 2.90. The first-order chi connectivity index (χ1) is 16.4. The van der Waals surface area contributed by atoms with Crippen molar-refractivity contribution in [3.63, 3.8) is 0 Å². The Morgan fingerprint density at radius 2 is 1.74 bits per heavy atom. The second kappa shape index (κ2) is 10.5. The number of benzene rings is 3. The number of para-hydroxylation sites is 1. The predicted octanol–water partition coefficient (Wildman–Crippen LogP) is 4.32. The fourth-order valence-electron chi connectivity index (χ4n) is 3.71. The van der Waals surface area contributed by atoms with Crippen LogP contribution in [-0.2, 0) is 14.8 Å². The van der Waals surface area contributed by atoms with Gasteiger partial charge in [0.1, 0.15) is 6.61 Å². The van der Waals surface area contributed by atoms with Crippen LogP contribution in [0.2, 0.25) is 0 Å².